The van der Waals surface area contributed by atoms with E-state index in [0.717, 1.165) is 11.8 Å². The fourth-order valence-electron chi connectivity index (χ4n) is 3.88. The Morgan fingerprint density at radius 2 is 1.76 bits per heavy atom. The second-order valence-corrected chi connectivity index (χ2v) is 11.0. The molecule has 0 fully saturated rings. The topological polar surface area (TPSA) is 105 Å². The molecule has 0 bridgehead atoms. The monoisotopic (exact) mass is 533 g/mol. The summed E-state index contributed by atoms with van der Waals surface area (Å²) in [6, 6.07) is 13.5. The first-order valence-corrected chi connectivity index (χ1v) is 14.2. The molecule has 2 amide bonds. The zero-order valence-corrected chi connectivity index (χ0v) is 23.4. The van der Waals surface area contributed by atoms with Gasteiger partial charge in [-0.25, -0.2) is 8.42 Å². The van der Waals surface area contributed by atoms with E-state index in [1.165, 1.54) is 9.21 Å². The molecule has 0 aliphatic carbocycles. The molecule has 10 heteroatoms. The summed E-state index contributed by atoms with van der Waals surface area (Å²) < 4.78 is 37.4. The molecule has 1 atom stereocenters. The molecule has 0 aromatic heterocycles. The van der Waals surface area contributed by atoms with Crippen LogP contribution in [0.25, 0.3) is 0 Å². The largest absolute Gasteiger partial charge is 0.497 e. The lowest BCUT2D eigenvalue weighted by Gasteiger charge is -2.30. The van der Waals surface area contributed by atoms with Gasteiger partial charge in [0.2, 0.25) is 21.8 Å². The average molecular weight is 534 g/mol. The molecular formula is C27H39N3O6S. The van der Waals surface area contributed by atoms with Gasteiger partial charge in [-0.05, 0) is 63.9 Å². The Kier molecular flexibility index (Phi) is 11.2. The highest BCUT2D eigenvalue weighted by atomic mass is 32.2. The van der Waals surface area contributed by atoms with Crippen LogP contribution in [0.15, 0.2) is 48.5 Å². The van der Waals surface area contributed by atoms with Gasteiger partial charge in [0.05, 0.1) is 25.7 Å². The van der Waals surface area contributed by atoms with Crippen LogP contribution in [0, 0.1) is 0 Å². The van der Waals surface area contributed by atoms with Crippen LogP contribution in [0.4, 0.5) is 5.69 Å². The zero-order chi connectivity index (χ0) is 27.6. The molecule has 0 heterocycles. The smallest absolute Gasteiger partial charge is 0.242 e. The van der Waals surface area contributed by atoms with Crippen LogP contribution in [0.2, 0.25) is 0 Å². The number of ether oxygens (including phenoxy) is 2. The third-order valence-electron chi connectivity index (χ3n) is 5.67. The van der Waals surface area contributed by atoms with Crippen molar-refractivity contribution in [1.82, 2.24) is 10.2 Å². The third kappa shape index (κ3) is 8.96. The minimum Gasteiger partial charge on any atom is -0.497 e. The van der Waals surface area contributed by atoms with E-state index in [2.05, 4.69) is 5.32 Å². The quantitative estimate of drug-likeness (QED) is 0.398. The van der Waals surface area contributed by atoms with Crippen molar-refractivity contribution in [2.24, 2.45) is 0 Å². The normalized spacial score (nSPS) is 12.1. The van der Waals surface area contributed by atoms with Gasteiger partial charge in [-0.2, -0.15) is 0 Å². The van der Waals surface area contributed by atoms with E-state index in [-0.39, 0.29) is 43.8 Å². The van der Waals surface area contributed by atoms with Crippen molar-refractivity contribution < 1.29 is 27.5 Å². The molecule has 2 aromatic carbocycles. The summed E-state index contributed by atoms with van der Waals surface area (Å²) in [4.78, 5) is 27.7. The Morgan fingerprint density at radius 3 is 2.38 bits per heavy atom. The van der Waals surface area contributed by atoms with Crippen LogP contribution in [-0.4, -0.2) is 63.7 Å². The van der Waals surface area contributed by atoms with Gasteiger partial charge in [0, 0.05) is 25.6 Å². The second kappa shape index (κ2) is 13.9. The maximum absolute atomic E-state index is 13.4. The molecule has 0 radical (unpaired) electrons. The molecule has 0 aliphatic heterocycles. The number of hydrogen-bond donors (Lipinski definition) is 1. The number of benzene rings is 2. The molecule has 2 rings (SSSR count). The SMILES string of the molecule is CCOc1ccccc1N(CCCC(=O)N(Cc1cccc(OC)c1)[C@@H](C)C(=O)NC(C)C)S(C)(=O)=O. The second-order valence-electron chi connectivity index (χ2n) is 9.05. The Morgan fingerprint density at radius 1 is 1.05 bits per heavy atom. The summed E-state index contributed by atoms with van der Waals surface area (Å²) in [6.45, 7) is 7.94. The van der Waals surface area contributed by atoms with Gasteiger partial charge in [0.25, 0.3) is 0 Å². The zero-order valence-electron chi connectivity index (χ0n) is 22.6. The Hall–Kier alpha value is -3.27. The summed E-state index contributed by atoms with van der Waals surface area (Å²) in [5, 5.41) is 2.86. The minimum absolute atomic E-state index is 0.0616. The Balaban J connectivity index is 2.22. The molecule has 9 nitrogen and oxygen atoms in total. The molecule has 37 heavy (non-hydrogen) atoms. The van der Waals surface area contributed by atoms with Crippen molar-refractivity contribution in [3.8, 4) is 11.5 Å². The van der Waals surface area contributed by atoms with Gasteiger partial charge in [-0.15, -0.1) is 0 Å². The van der Waals surface area contributed by atoms with E-state index in [1.54, 1.807) is 38.3 Å². The maximum atomic E-state index is 13.4. The van der Waals surface area contributed by atoms with Gasteiger partial charge in [-0.3, -0.25) is 13.9 Å². The summed E-state index contributed by atoms with van der Waals surface area (Å²) in [7, 11) is -2.06. The number of hydrogen-bond acceptors (Lipinski definition) is 6. The van der Waals surface area contributed by atoms with Crippen molar-refractivity contribution in [2.45, 2.75) is 59.2 Å². The Labute approximate surface area is 220 Å². The highest BCUT2D eigenvalue weighted by molar-refractivity contribution is 7.92. The summed E-state index contributed by atoms with van der Waals surface area (Å²) in [5.74, 6) is 0.608. The van der Waals surface area contributed by atoms with Crippen LogP contribution in [-0.2, 0) is 26.2 Å². The van der Waals surface area contributed by atoms with E-state index in [9.17, 15) is 18.0 Å². The van der Waals surface area contributed by atoms with Crippen molar-refractivity contribution in [2.75, 3.05) is 30.8 Å². The number of rotatable bonds is 14. The molecule has 0 unspecified atom stereocenters. The molecule has 0 aliphatic rings. The number of sulfonamides is 1. The first-order valence-electron chi connectivity index (χ1n) is 12.4. The average Bonchev–Trinajstić information content (AvgIpc) is 2.84. The number of carbonyl (C=O) groups is 2. The molecule has 0 spiro atoms. The minimum atomic E-state index is -3.63. The number of nitrogens with one attached hydrogen (secondary N) is 1. The highest BCUT2D eigenvalue weighted by Crippen LogP contribution is 2.30. The van der Waals surface area contributed by atoms with Gasteiger partial charge < -0.3 is 19.7 Å². The van der Waals surface area contributed by atoms with Crippen LogP contribution >= 0.6 is 0 Å². The molecular weight excluding hydrogens is 494 g/mol. The van der Waals surface area contributed by atoms with Gasteiger partial charge in [0.1, 0.15) is 17.5 Å². The Bertz CT molecular complexity index is 1150. The standard InChI is InChI=1S/C27H39N3O6S/c1-7-36-25-15-9-8-14-24(25)30(37(6,33)34)17-11-16-26(31)29(21(4)27(32)28-20(2)3)19-22-12-10-13-23(18-22)35-5/h8-10,12-15,18,20-21H,7,11,16-17,19H2,1-6H3,(H,28,32)/t21-/m0/s1. The molecule has 2 aromatic rings. The van der Waals surface area contributed by atoms with Gasteiger partial charge >= 0.3 is 0 Å². The summed E-state index contributed by atoms with van der Waals surface area (Å²) in [6.07, 6.45) is 1.45. The molecule has 1 N–H and O–H groups in total. The lowest BCUT2D eigenvalue weighted by Crippen LogP contribution is -2.49. The predicted molar refractivity (Wildman–Crippen MR) is 145 cm³/mol. The van der Waals surface area contributed by atoms with E-state index >= 15 is 0 Å². The lowest BCUT2D eigenvalue weighted by atomic mass is 10.1. The molecule has 0 saturated carbocycles. The number of carbonyl (C=O) groups excluding carboxylic acids is 2. The van der Waals surface area contributed by atoms with Crippen LogP contribution in [0.3, 0.4) is 0 Å². The van der Waals surface area contributed by atoms with Crippen molar-refractivity contribution in [1.29, 1.82) is 0 Å². The first kappa shape index (κ1) is 30.0. The fourth-order valence-corrected chi connectivity index (χ4v) is 4.85. The van der Waals surface area contributed by atoms with E-state index in [0.29, 0.717) is 23.8 Å². The lowest BCUT2D eigenvalue weighted by molar-refractivity contribution is -0.140. The third-order valence-corrected chi connectivity index (χ3v) is 6.85. The highest BCUT2D eigenvalue weighted by Gasteiger charge is 2.27. The number of anilines is 1. The maximum Gasteiger partial charge on any atom is 0.242 e. The summed E-state index contributed by atoms with van der Waals surface area (Å²) in [5.41, 5.74) is 1.25. The van der Waals surface area contributed by atoms with Crippen LogP contribution < -0.4 is 19.1 Å². The number of para-hydroxylation sites is 2. The predicted octanol–water partition coefficient (Wildman–Crippen LogP) is 3.58. The van der Waals surface area contributed by atoms with Crippen LogP contribution in [0.1, 0.15) is 46.1 Å². The number of amides is 2. The molecule has 0 saturated heterocycles. The number of nitrogens with zero attached hydrogens (tertiary/aromatic N) is 2. The van der Waals surface area contributed by atoms with E-state index in [4.69, 9.17) is 9.47 Å². The first-order chi connectivity index (χ1) is 17.5. The van der Waals surface area contributed by atoms with Gasteiger partial charge in [0.15, 0.2) is 0 Å². The summed E-state index contributed by atoms with van der Waals surface area (Å²) >= 11 is 0. The van der Waals surface area contributed by atoms with Crippen LogP contribution in [0.5, 0.6) is 11.5 Å². The number of methoxy groups -OCH3 is 1. The van der Waals surface area contributed by atoms with Crippen molar-refractivity contribution >= 4 is 27.5 Å². The van der Waals surface area contributed by atoms with E-state index in [1.807, 2.05) is 45.0 Å². The van der Waals surface area contributed by atoms with Crippen molar-refractivity contribution in [3.05, 3.63) is 54.1 Å². The fraction of sp³-hybridized carbons (Fsp3) is 0.481. The molecule has 204 valence electrons. The van der Waals surface area contributed by atoms with Gasteiger partial charge in [-0.1, -0.05) is 24.3 Å². The van der Waals surface area contributed by atoms with E-state index < -0.39 is 16.1 Å². The van der Waals surface area contributed by atoms with Crippen molar-refractivity contribution in [3.63, 3.8) is 0 Å².